The van der Waals surface area contributed by atoms with E-state index in [0.717, 1.165) is 38.5 Å². The van der Waals surface area contributed by atoms with Crippen LogP contribution in [0.15, 0.2) is 30.3 Å². The monoisotopic (exact) mass is 388 g/mol. The molecule has 1 saturated carbocycles. The molecule has 3 rings (SSSR count). The Morgan fingerprint density at radius 2 is 1.57 bits per heavy atom. The molecule has 1 fully saturated rings. The van der Waals surface area contributed by atoms with Crippen LogP contribution in [0.3, 0.4) is 0 Å². The van der Waals surface area contributed by atoms with Crippen LogP contribution >= 0.6 is 0 Å². The van der Waals surface area contributed by atoms with E-state index in [1.54, 1.807) is 24.3 Å². The molecule has 1 aliphatic rings. The van der Waals surface area contributed by atoms with Gasteiger partial charge >= 0.3 is 0 Å². The van der Waals surface area contributed by atoms with Gasteiger partial charge in [-0.3, -0.25) is 0 Å². The maximum absolute atomic E-state index is 14.8. The highest BCUT2D eigenvalue weighted by atomic mass is 19.2. The van der Waals surface area contributed by atoms with Gasteiger partial charge in [-0.05, 0) is 59.8 Å². The second-order valence-electron chi connectivity index (χ2n) is 8.77. The Morgan fingerprint density at radius 3 is 2.21 bits per heavy atom. The molecule has 0 saturated heterocycles. The van der Waals surface area contributed by atoms with Gasteiger partial charge in [-0.1, -0.05) is 70.7 Å². The quantitative estimate of drug-likeness (QED) is 0.466. The molecule has 0 radical (unpaired) electrons. The molecule has 0 amide bonds. The molecule has 1 unspecified atom stereocenters. The first kappa shape index (κ1) is 21.0. The summed E-state index contributed by atoms with van der Waals surface area (Å²) in [7, 11) is 0. The van der Waals surface area contributed by atoms with E-state index in [1.807, 2.05) is 6.92 Å². The maximum Gasteiger partial charge on any atom is 0.166 e. The molecular weight excluding hydrogens is 357 g/mol. The van der Waals surface area contributed by atoms with Crippen molar-refractivity contribution in [1.82, 2.24) is 0 Å². The first-order valence-electron chi connectivity index (χ1n) is 10.7. The van der Waals surface area contributed by atoms with Crippen molar-refractivity contribution < 1.29 is 13.2 Å². The minimum atomic E-state index is -0.876. The molecule has 152 valence electrons. The lowest BCUT2D eigenvalue weighted by Crippen LogP contribution is -2.07. The fourth-order valence-electron chi connectivity index (χ4n) is 4.35. The predicted octanol–water partition coefficient (Wildman–Crippen LogP) is 8.36. The second kappa shape index (κ2) is 9.15. The van der Waals surface area contributed by atoms with E-state index >= 15 is 0 Å². The zero-order chi connectivity index (χ0) is 20.3. The van der Waals surface area contributed by atoms with Crippen molar-refractivity contribution in [1.29, 1.82) is 0 Å². The number of benzene rings is 2. The van der Waals surface area contributed by atoms with Gasteiger partial charge in [0, 0.05) is 5.56 Å². The number of rotatable bonds is 6. The van der Waals surface area contributed by atoms with Crippen LogP contribution in [0.25, 0.3) is 11.1 Å². The number of hydrogen-bond donors (Lipinski definition) is 0. The van der Waals surface area contributed by atoms with Gasteiger partial charge in [0.25, 0.3) is 0 Å². The van der Waals surface area contributed by atoms with Crippen molar-refractivity contribution in [3.8, 4) is 11.1 Å². The fourth-order valence-corrected chi connectivity index (χ4v) is 4.35. The first-order chi connectivity index (χ1) is 13.4. The highest BCUT2D eigenvalue weighted by molar-refractivity contribution is 5.65. The molecule has 2 aromatic rings. The average molecular weight is 389 g/mol. The third kappa shape index (κ3) is 4.61. The van der Waals surface area contributed by atoms with Crippen molar-refractivity contribution in [3.05, 3.63) is 58.9 Å². The van der Waals surface area contributed by atoms with E-state index in [9.17, 15) is 13.2 Å². The van der Waals surface area contributed by atoms with Crippen LogP contribution in [-0.2, 0) is 0 Å². The summed E-state index contributed by atoms with van der Waals surface area (Å²) >= 11 is 0. The normalized spacial score (nSPS) is 16.5. The molecule has 28 heavy (non-hydrogen) atoms. The van der Waals surface area contributed by atoms with Crippen LogP contribution in [0.1, 0.15) is 88.7 Å². The van der Waals surface area contributed by atoms with E-state index in [2.05, 4.69) is 13.8 Å². The van der Waals surface area contributed by atoms with E-state index in [1.165, 1.54) is 12.5 Å². The van der Waals surface area contributed by atoms with Gasteiger partial charge in [0.05, 0.1) is 0 Å². The third-order valence-corrected chi connectivity index (χ3v) is 6.18. The summed E-state index contributed by atoms with van der Waals surface area (Å²) in [6.07, 6.45) is 7.26. The van der Waals surface area contributed by atoms with Gasteiger partial charge in [-0.15, -0.1) is 0 Å². The van der Waals surface area contributed by atoms with E-state index < -0.39 is 11.6 Å². The molecule has 2 aromatic carbocycles. The van der Waals surface area contributed by atoms with Gasteiger partial charge in [-0.25, -0.2) is 13.2 Å². The number of hydrogen-bond acceptors (Lipinski definition) is 0. The summed E-state index contributed by atoms with van der Waals surface area (Å²) in [5.41, 5.74) is 1.64. The lowest BCUT2D eigenvalue weighted by atomic mass is 9.83. The fraction of sp³-hybridized carbons (Fsp3) is 0.520. The Balaban J connectivity index is 1.85. The Morgan fingerprint density at radius 1 is 0.857 bits per heavy atom. The molecular formula is C25H31F3. The topological polar surface area (TPSA) is 0 Å². The molecule has 1 atom stereocenters. The Labute approximate surface area is 167 Å². The molecule has 1 aliphatic carbocycles. The highest BCUT2D eigenvalue weighted by Crippen LogP contribution is 2.37. The predicted molar refractivity (Wildman–Crippen MR) is 110 cm³/mol. The van der Waals surface area contributed by atoms with Gasteiger partial charge < -0.3 is 0 Å². The van der Waals surface area contributed by atoms with Gasteiger partial charge in [0.15, 0.2) is 11.6 Å². The summed E-state index contributed by atoms with van der Waals surface area (Å²) < 4.78 is 44.2. The van der Waals surface area contributed by atoms with Crippen LogP contribution in [0.4, 0.5) is 13.2 Å². The lowest BCUT2D eigenvalue weighted by molar-refractivity contribution is 0.430. The van der Waals surface area contributed by atoms with Gasteiger partial charge in [-0.2, -0.15) is 0 Å². The van der Waals surface area contributed by atoms with Gasteiger partial charge in [0.1, 0.15) is 5.82 Å². The molecule has 0 nitrogen and oxygen atoms in total. The standard InChI is InChI=1S/C25H31F3/c1-16(2)9-10-17(3)20-13-14-22(25(28)24(20)27)19-11-12-21(23(26)15-19)18-7-5-4-6-8-18/h11-18H,4-10H2,1-3H3. The molecule has 0 N–H and O–H groups in total. The minimum Gasteiger partial charge on any atom is -0.207 e. The van der Waals surface area contributed by atoms with Crippen LogP contribution < -0.4 is 0 Å². The first-order valence-corrected chi connectivity index (χ1v) is 10.7. The van der Waals surface area contributed by atoms with Crippen molar-refractivity contribution >= 4 is 0 Å². The summed E-state index contributed by atoms with van der Waals surface area (Å²) in [5, 5.41) is 0. The largest absolute Gasteiger partial charge is 0.207 e. The molecule has 3 heteroatoms. The highest BCUT2D eigenvalue weighted by Gasteiger charge is 2.22. The molecule has 0 heterocycles. The maximum atomic E-state index is 14.8. The zero-order valence-electron chi connectivity index (χ0n) is 17.2. The van der Waals surface area contributed by atoms with Crippen LogP contribution in [0, 0.1) is 23.4 Å². The summed E-state index contributed by atoms with van der Waals surface area (Å²) in [6.45, 7) is 6.18. The SMILES string of the molecule is CC(C)CCC(C)c1ccc(-c2ccc(C3CCCCC3)c(F)c2)c(F)c1F. The van der Waals surface area contributed by atoms with Crippen LogP contribution in [-0.4, -0.2) is 0 Å². The lowest BCUT2D eigenvalue weighted by Gasteiger charge is -2.22. The van der Waals surface area contributed by atoms with Crippen molar-refractivity contribution in [3.63, 3.8) is 0 Å². The third-order valence-electron chi connectivity index (χ3n) is 6.18. The molecule has 0 spiro atoms. The summed E-state index contributed by atoms with van der Waals surface area (Å²) in [5.74, 6) is -1.26. The Hall–Kier alpha value is -1.77. The zero-order valence-corrected chi connectivity index (χ0v) is 17.2. The van der Waals surface area contributed by atoms with Crippen molar-refractivity contribution in [2.45, 2.75) is 77.6 Å². The Bertz CT molecular complexity index is 804. The smallest absolute Gasteiger partial charge is 0.166 e. The van der Waals surface area contributed by atoms with E-state index in [-0.39, 0.29) is 23.2 Å². The molecule has 0 aliphatic heterocycles. The van der Waals surface area contributed by atoms with Crippen LogP contribution in [0.2, 0.25) is 0 Å². The minimum absolute atomic E-state index is 0.0450. The second-order valence-corrected chi connectivity index (χ2v) is 8.77. The van der Waals surface area contributed by atoms with E-state index in [0.29, 0.717) is 22.6 Å². The molecule has 0 aromatic heterocycles. The van der Waals surface area contributed by atoms with E-state index in [4.69, 9.17) is 0 Å². The van der Waals surface area contributed by atoms with Crippen molar-refractivity contribution in [2.75, 3.05) is 0 Å². The van der Waals surface area contributed by atoms with Crippen LogP contribution in [0.5, 0.6) is 0 Å². The summed E-state index contributed by atoms with van der Waals surface area (Å²) in [6, 6.07) is 8.11. The Kier molecular flexibility index (Phi) is 6.85. The van der Waals surface area contributed by atoms with Crippen molar-refractivity contribution in [2.24, 2.45) is 5.92 Å². The van der Waals surface area contributed by atoms with Gasteiger partial charge in [0.2, 0.25) is 0 Å². The number of halogens is 3. The average Bonchev–Trinajstić information content (AvgIpc) is 2.68. The summed E-state index contributed by atoms with van der Waals surface area (Å²) in [4.78, 5) is 0. The molecule has 0 bridgehead atoms.